The van der Waals surface area contributed by atoms with Gasteiger partial charge in [0.05, 0.1) is 17.9 Å². The molecule has 5 saturated carbocycles. The van der Waals surface area contributed by atoms with E-state index in [0.29, 0.717) is 29.6 Å². The van der Waals surface area contributed by atoms with Crippen LogP contribution in [0.3, 0.4) is 0 Å². The van der Waals surface area contributed by atoms with Crippen molar-refractivity contribution in [1.82, 2.24) is 0 Å². The van der Waals surface area contributed by atoms with E-state index in [1.165, 1.54) is 25.7 Å². The summed E-state index contributed by atoms with van der Waals surface area (Å²) in [5.41, 5.74) is 0. The number of carbonyl (C=O) groups excluding carboxylic acids is 2. The Kier molecular flexibility index (Phi) is 5.38. The molecule has 0 aromatic carbocycles. The summed E-state index contributed by atoms with van der Waals surface area (Å²) in [7, 11) is 0. The molecule has 0 radical (unpaired) electrons. The predicted molar refractivity (Wildman–Crippen MR) is 107 cm³/mol. The SMILES string of the molecule is CC(C)C(=O)OC1CC2CC1C1C3CC(CC3C(=O)OCOC3CCCCC3)C21. The first-order chi connectivity index (χ1) is 14.0. The fourth-order valence-electron chi connectivity index (χ4n) is 7.76. The molecule has 29 heavy (non-hydrogen) atoms. The molecule has 4 bridgehead atoms. The second-order valence-electron chi connectivity index (χ2n) is 10.7. The molecule has 0 amide bonds. The van der Waals surface area contributed by atoms with Gasteiger partial charge in [-0.05, 0) is 74.0 Å². The Morgan fingerprint density at radius 3 is 2.38 bits per heavy atom. The van der Waals surface area contributed by atoms with Gasteiger partial charge in [-0.2, -0.15) is 0 Å². The van der Waals surface area contributed by atoms with Gasteiger partial charge in [0.25, 0.3) is 0 Å². The Labute approximate surface area is 174 Å². The average molecular weight is 405 g/mol. The normalized spacial score (nSPS) is 43.0. The van der Waals surface area contributed by atoms with E-state index in [1.807, 2.05) is 13.8 Å². The number of rotatable bonds is 6. The maximum Gasteiger partial charge on any atom is 0.311 e. The lowest BCUT2D eigenvalue weighted by atomic mass is 9.67. The minimum atomic E-state index is -0.0724. The third kappa shape index (κ3) is 3.51. The summed E-state index contributed by atoms with van der Waals surface area (Å²) in [5.74, 6) is 3.36. The Hall–Kier alpha value is -1.10. The van der Waals surface area contributed by atoms with Gasteiger partial charge < -0.3 is 14.2 Å². The third-order valence-corrected chi connectivity index (χ3v) is 8.86. The van der Waals surface area contributed by atoms with Crippen molar-refractivity contribution >= 4 is 11.9 Å². The zero-order valence-electron chi connectivity index (χ0n) is 17.9. The first-order valence-electron chi connectivity index (χ1n) is 12.0. The average Bonchev–Trinajstić information content (AvgIpc) is 3.47. The largest absolute Gasteiger partial charge is 0.462 e. The van der Waals surface area contributed by atoms with E-state index >= 15 is 0 Å². The van der Waals surface area contributed by atoms with Crippen LogP contribution in [0.5, 0.6) is 0 Å². The molecule has 0 aromatic rings. The molecule has 5 fully saturated rings. The van der Waals surface area contributed by atoms with Crippen molar-refractivity contribution in [2.45, 2.75) is 83.8 Å². The van der Waals surface area contributed by atoms with Gasteiger partial charge in [0.2, 0.25) is 0 Å². The summed E-state index contributed by atoms with van der Waals surface area (Å²) >= 11 is 0. The number of fused-ring (bicyclic) bond motifs is 9. The molecule has 5 aliphatic rings. The Morgan fingerprint density at radius 1 is 0.897 bits per heavy atom. The molecule has 0 heterocycles. The van der Waals surface area contributed by atoms with E-state index in [4.69, 9.17) is 14.2 Å². The van der Waals surface area contributed by atoms with Crippen LogP contribution in [0.25, 0.3) is 0 Å². The van der Waals surface area contributed by atoms with Gasteiger partial charge in [0.1, 0.15) is 6.10 Å². The minimum absolute atomic E-state index is 0.0250. The lowest BCUT2D eigenvalue weighted by molar-refractivity contribution is -0.172. The second kappa shape index (κ2) is 7.86. The third-order valence-electron chi connectivity index (χ3n) is 8.86. The van der Waals surface area contributed by atoms with Crippen LogP contribution in [0.4, 0.5) is 0 Å². The summed E-state index contributed by atoms with van der Waals surface area (Å²) in [4.78, 5) is 25.0. The smallest absolute Gasteiger partial charge is 0.311 e. The standard InChI is InChI=1S/C24H36O5/c1-13(2)23(25)29-20-11-15-10-19(20)22-17-8-14(21(15)22)9-18(17)24(26)28-12-27-16-6-4-3-5-7-16/h13-22H,3-12H2,1-2H3. The van der Waals surface area contributed by atoms with E-state index in [9.17, 15) is 9.59 Å². The highest BCUT2D eigenvalue weighted by Crippen LogP contribution is 2.69. The molecule has 5 heteroatoms. The Bertz CT molecular complexity index is 639. The molecule has 0 saturated heterocycles. The first kappa shape index (κ1) is 19.8. The van der Waals surface area contributed by atoms with Gasteiger partial charge in [-0.25, -0.2) is 0 Å². The van der Waals surface area contributed by atoms with Crippen LogP contribution < -0.4 is 0 Å². The first-order valence-corrected chi connectivity index (χ1v) is 12.0. The van der Waals surface area contributed by atoms with Crippen molar-refractivity contribution in [2.75, 3.05) is 6.79 Å². The van der Waals surface area contributed by atoms with E-state index in [0.717, 1.165) is 38.0 Å². The zero-order valence-corrected chi connectivity index (χ0v) is 17.9. The maximum absolute atomic E-state index is 12.8. The van der Waals surface area contributed by atoms with Gasteiger partial charge in [0.15, 0.2) is 6.79 Å². The maximum atomic E-state index is 12.8. The summed E-state index contributed by atoms with van der Waals surface area (Å²) in [6, 6.07) is 0. The molecule has 0 aromatic heterocycles. The van der Waals surface area contributed by atoms with Crippen LogP contribution >= 0.6 is 0 Å². The van der Waals surface area contributed by atoms with Crippen molar-refractivity contribution in [3.05, 3.63) is 0 Å². The van der Waals surface area contributed by atoms with Crippen LogP contribution in [0.1, 0.15) is 71.6 Å². The summed E-state index contributed by atoms with van der Waals surface area (Å²) in [5, 5.41) is 0. The molecular formula is C24H36O5. The molecule has 162 valence electrons. The molecule has 0 spiro atoms. The highest BCUT2D eigenvalue weighted by molar-refractivity contribution is 5.73. The molecule has 8 unspecified atom stereocenters. The predicted octanol–water partition coefficient (Wildman–Crippen LogP) is 4.33. The zero-order chi connectivity index (χ0) is 20.1. The van der Waals surface area contributed by atoms with Crippen LogP contribution in [-0.4, -0.2) is 30.9 Å². The molecule has 5 aliphatic carbocycles. The number of ether oxygens (including phenoxy) is 3. The molecule has 0 N–H and O–H groups in total. The monoisotopic (exact) mass is 404 g/mol. The van der Waals surface area contributed by atoms with Crippen molar-refractivity contribution in [1.29, 1.82) is 0 Å². The van der Waals surface area contributed by atoms with Crippen molar-refractivity contribution < 1.29 is 23.8 Å². The topological polar surface area (TPSA) is 61.8 Å². The highest BCUT2D eigenvalue weighted by atomic mass is 16.7. The van der Waals surface area contributed by atoms with Crippen LogP contribution in [0, 0.1) is 47.3 Å². The highest BCUT2D eigenvalue weighted by Gasteiger charge is 2.66. The van der Waals surface area contributed by atoms with Gasteiger partial charge in [-0.3, -0.25) is 9.59 Å². The van der Waals surface area contributed by atoms with Crippen molar-refractivity contribution in [3.8, 4) is 0 Å². The van der Waals surface area contributed by atoms with Gasteiger partial charge in [-0.1, -0.05) is 33.1 Å². The van der Waals surface area contributed by atoms with Crippen LogP contribution in [0.15, 0.2) is 0 Å². The molecule has 0 aliphatic heterocycles. The van der Waals surface area contributed by atoms with Crippen LogP contribution in [-0.2, 0) is 23.8 Å². The molecule has 8 atom stereocenters. The lowest BCUT2D eigenvalue weighted by Gasteiger charge is -2.40. The fraction of sp³-hybridized carbons (Fsp3) is 0.917. The quantitative estimate of drug-likeness (QED) is 0.375. The number of hydrogen-bond acceptors (Lipinski definition) is 5. The number of hydrogen-bond donors (Lipinski definition) is 0. The number of carbonyl (C=O) groups is 2. The van der Waals surface area contributed by atoms with Gasteiger partial charge >= 0.3 is 11.9 Å². The van der Waals surface area contributed by atoms with E-state index in [2.05, 4.69) is 0 Å². The van der Waals surface area contributed by atoms with E-state index in [1.54, 1.807) is 0 Å². The molecular weight excluding hydrogens is 368 g/mol. The fourth-order valence-corrected chi connectivity index (χ4v) is 7.76. The Morgan fingerprint density at radius 2 is 1.62 bits per heavy atom. The Balaban J connectivity index is 1.17. The number of esters is 2. The summed E-state index contributed by atoms with van der Waals surface area (Å²) < 4.78 is 17.3. The van der Waals surface area contributed by atoms with E-state index < -0.39 is 0 Å². The van der Waals surface area contributed by atoms with E-state index in [-0.39, 0.29) is 42.8 Å². The van der Waals surface area contributed by atoms with Crippen LogP contribution in [0.2, 0.25) is 0 Å². The minimum Gasteiger partial charge on any atom is -0.462 e. The molecule has 5 nitrogen and oxygen atoms in total. The van der Waals surface area contributed by atoms with Gasteiger partial charge in [0, 0.05) is 0 Å². The van der Waals surface area contributed by atoms with Crippen molar-refractivity contribution in [2.24, 2.45) is 47.3 Å². The van der Waals surface area contributed by atoms with Crippen molar-refractivity contribution in [3.63, 3.8) is 0 Å². The van der Waals surface area contributed by atoms with Gasteiger partial charge in [-0.15, -0.1) is 0 Å². The second-order valence-corrected chi connectivity index (χ2v) is 10.7. The summed E-state index contributed by atoms with van der Waals surface area (Å²) in [6.07, 6.45) is 10.6. The summed E-state index contributed by atoms with van der Waals surface area (Å²) in [6.45, 7) is 3.92. The molecule has 5 rings (SSSR count). The lowest BCUT2D eigenvalue weighted by Crippen LogP contribution is -2.42.